The first-order valence-electron chi connectivity index (χ1n) is 15.0. The number of nitrogens with zero attached hydrogens (tertiary/aromatic N) is 1. The molecule has 0 spiro atoms. The van der Waals surface area contributed by atoms with Crippen LogP contribution >= 0.6 is 0 Å². The number of benzene rings is 4. The average Bonchev–Trinajstić information content (AvgIpc) is 3.07. The van der Waals surface area contributed by atoms with Crippen molar-refractivity contribution in [3.05, 3.63) is 137 Å². The number of nitrogens with one attached hydrogen (secondary N) is 2. The second kappa shape index (κ2) is 15.1. The van der Waals surface area contributed by atoms with Gasteiger partial charge in [-0.2, -0.15) is 0 Å². The summed E-state index contributed by atoms with van der Waals surface area (Å²) >= 11 is 0. The summed E-state index contributed by atoms with van der Waals surface area (Å²) in [4.78, 5) is 14.6. The van der Waals surface area contributed by atoms with Crippen LogP contribution in [0.5, 0.6) is 0 Å². The third-order valence-corrected chi connectivity index (χ3v) is 8.14. The van der Waals surface area contributed by atoms with Crippen molar-refractivity contribution in [2.24, 2.45) is 0 Å². The molecule has 1 aliphatic rings. The molecule has 0 aromatic heterocycles. The Labute approximate surface area is 259 Å². The van der Waals surface area contributed by atoms with Crippen LogP contribution in [0.4, 0.5) is 10.5 Å². The van der Waals surface area contributed by atoms with Crippen molar-refractivity contribution in [2.45, 2.75) is 57.1 Å². The molecule has 1 fully saturated rings. The summed E-state index contributed by atoms with van der Waals surface area (Å²) in [5.74, 6) is 0. The molecule has 0 bridgehead atoms. The van der Waals surface area contributed by atoms with Crippen molar-refractivity contribution in [3.63, 3.8) is 0 Å². The summed E-state index contributed by atoms with van der Waals surface area (Å²) in [7, 11) is 2.00. The number of urea groups is 1. The van der Waals surface area contributed by atoms with E-state index in [9.17, 15) is 15.0 Å². The molecule has 0 aliphatic carbocycles. The van der Waals surface area contributed by atoms with E-state index in [1.54, 1.807) is 0 Å². The van der Waals surface area contributed by atoms with Gasteiger partial charge >= 0.3 is 6.03 Å². The molecule has 230 valence electrons. The van der Waals surface area contributed by atoms with E-state index in [0.29, 0.717) is 25.2 Å². The first-order chi connectivity index (χ1) is 21.4. The molecule has 4 N–H and O–H groups in total. The summed E-state index contributed by atoms with van der Waals surface area (Å²) in [5.41, 5.74) is 5.24. The molecule has 5 unspecified atom stereocenters. The SMILES string of the molecule is CC(C(O)c1ccccc1)N(C)CC1CC(c2ccc(CO)cc2)OC(c2ccc(NC(=O)NCc3ccccc3)cc2)O1. The lowest BCUT2D eigenvalue weighted by Crippen LogP contribution is -2.43. The number of carbonyl (C=O) groups excluding carboxylic acids is 1. The lowest BCUT2D eigenvalue weighted by Gasteiger charge is -2.39. The molecule has 0 saturated carbocycles. The summed E-state index contributed by atoms with van der Waals surface area (Å²) in [6.07, 6.45) is -1.03. The highest BCUT2D eigenvalue weighted by Gasteiger charge is 2.34. The Morgan fingerprint density at radius 2 is 1.50 bits per heavy atom. The number of carbonyl (C=O) groups is 1. The molecule has 1 aliphatic heterocycles. The Bertz CT molecular complexity index is 1450. The van der Waals surface area contributed by atoms with E-state index in [0.717, 1.165) is 27.8 Å². The van der Waals surface area contributed by atoms with E-state index in [1.807, 2.05) is 123 Å². The Morgan fingerprint density at radius 3 is 2.16 bits per heavy atom. The minimum absolute atomic E-state index is 0.0166. The Morgan fingerprint density at radius 1 is 0.864 bits per heavy atom. The van der Waals surface area contributed by atoms with Crippen LogP contribution in [0.2, 0.25) is 0 Å². The maximum atomic E-state index is 12.4. The van der Waals surface area contributed by atoms with Crippen molar-refractivity contribution < 1.29 is 24.5 Å². The predicted octanol–water partition coefficient (Wildman–Crippen LogP) is 6.10. The molecule has 1 saturated heterocycles. The molecule has 8 nitrogen and oxygen atoms in total. The molecule has 8 heteroatoms. The monoisotopic (exact) mass is 595 g/mol. The minimum Gasteiger partial charge on any atom is -0.392 e. The van der Waals surface area contributed by atoms with E-state index in [-0.39, 0.29) is 30.9 Å². The zero-order valence-electron chi connectivity index (χ0n) is 25.2. The lowest BCUT2D eigenvalue weighted by atomic mass is 9.98. The van der Waals surface area contributed by atoms with Gasteiger partial charge in [0.05, 0.1) is 24.9 Å². The second-order valence-corrected chi connectivity index (χ2v) is 11.3. The van der Waals surface area contributed by atoms with Crippen LogP contribution in [-0.4, -0.2) is 46.9 Å². The van der Waals surface area contributed by atoms with Gasteiger partial charge in [-0.15, -0.1) is 0 Å². The highest BCUT2D eigenvalue weighted by molar-refractivity contribution is 5.89. The first-order valence-corrected chi connectivity index (χ1v) is 15.0. The number of aliphatic hydroxyl groups excluding tert-OH is 2. The zero-order chi connectivity index (χ0) is 30.9. The molecule has 44 heavy (non-hydrogen) atoms. The van der Waals surface area contributed by atoms with Crippen LogP contribution in [-0.2, 0) is 22.6 Å². The van der Waals surface area contributed by atoms with E-state index in [4.69, 9.17) is 9.47 Å². The molecular formula is C36H41N3O5. The van der Waals surface area contributed by atoms with Crippen molar-refractivity contribution in [1.82, 2.24) is 10.2 Å². The standard InChI is InChI=1S/C36H41N3O5/c1-25(34(41)29-11-7-4-8-12-29)39(2)23-32-21-33(28-15-13-27(24-40)14-16-28)44-35(43-32)30-17-19-31(20-18-30)38-36(42)37-22-26-9-5-3-6-10-26/h3-20,25,32-35,40-41H,21-24H2,1-2H3,(H2,37,38,42). The Balaban J connectivity index is 1.26. The Kier molecular flexibility index (Phi) is 10.8. The third kappa shape index (κ3) is 8.31. The maximum absolute atomic E-state index is 12.4. The number of hydrogen-bond donors (Lipinski definition) is 4. The van der Waals surface area contributed by atoms with Gasteiger partial charge in [0.15, 0.2) is 6.29 Å². The van der Waals surface area contributed by atoms with E-state index in [2.05, 4.69) is 15.5 Å². The second-order valence-electron chi connectivity index (χ2n) is 11.3. The quantitative estimate of drug-likeness (QED) is 0.167. The molecule has 5 rings (SSSR count). The number of amides is 2. The van der Waals surface area contributed by atoms with Gasteiger partial charge < -0.3 is 30.3 Å². The van der Waals surface area contributed by atoms with Gasteiger partial charge in [0.25, 0.3) is 0 Å². The highest BCUT2D eigenvalue weighted by atomic mass is 16.7. The summed E-state index contributed by atoms with van der Waals surface area (Å²) in [6.45, 7) is 3.03. The van der Waals surface area contributed by atoms with Crippen molar-refractivity contribution in [1.29, 1.82) is 0 Å². The van der Waals surface area contributed by atoms with E-state index >= 15 is 0 Å². The van der Waals surface area contributed by atoms with E-state index < -0.39 is 12.4 Å². The van der Waals surface area contributed by atoms with Crippen LogP contribution in [0.3, 0.4) is 0 Å². The van der Waals surface area contributed by atoms with Gasteiger partial charge in [0.2, 0.25) is 0 Å². The molecule has 1 heterocycles. The van der Waals surface area contributed by atoms with Gasteiger partial charge in [-0.25, -0.2) is 4.79 Å². The summed E-state index contributed by atoms with van der Waals surface area (Å²) < 4.78 is 13.0. The predicted molar refractivity (Wildman–Crippen MR) is 171 cm³/mol. The number of aliphatic hydroxyl groups is 2. The largest absolute Gasteiger partial charge is 0.392 e. The number of hydrogen-bond acceptors (Lipinski definition) is 6. The fourth-order valence-corrected chi connectivity index (χ4v) is 5.37. The van der Waals surface area contributed by atoms with Crippen molar-refractivity contribution in [3.8, 4) is 0 Å². The van der Waals surface area contributed by atoms with Crippen LogP contribution in [0.15, 0.2) is 109 Å². The van der Waals surface area contributed by atoms with Crippen LogP contribution in [0, 0.1) is 0 Å². The Hall–Kier alpha value is -4.05. The van der Waals surface area contributed by atoms with Crippen molar-refractivity contribution in [2.75, 3.05) is 18.9 Å². The van der Waals surface area contributed by atoms with Crippen molar-refractivity contribution >= 4 is 11.7 Å². The third-order valence-electron chi connectivity index (χ3n) is 8.14. The minimum atomic E-state index is -0.636. The molecule has 4 aromatic carbocycles. The van der Waals surface area contributed by atoms with Gasteiger partial charge in [-0.1, -0.05) is 97.1 Å². The molecule has 2 amide bonds. The molecule has 5 atom stereocenters. The van der Waals surface area contributed by atoms with Crippen LogP contribution in [0.1, 0.15) is 59.7 Å². The molecule has 0 radical (unpaired) electrons. The number of likely N-dealkylation sites (N-methyl/N-ethyl adjacent to an activating group) is 1. The fraction of sp³-hybridized carbons (Fsp3) is 0.306. The maximum Gasteiger partial charge on any atom is 0.319 e. The van der Waals surface area contributed by atoms with E-state index in [1.165, 1.54) is 0 Å². The van der Waals surface area contributed by atoms with Gasteiger partial charge in [0, 0.05) is 36.8 Å². The average molecular weight is 596 g/mol. The highest BCUT2D eigenvalue weighted by Crippen LogP contribution is 2.38. The zero-order valence-corrected chi connectivity index (χ0v) is 25.2. The molecule has 4 aromatic rings. The summed E-state index contributed by atoms with van der Waals surface area (Å²) in [5, 5.41) is 26.3. The molecular weight excluding hydrogens is 554 g/mol. The first kappa shape index (κ1) is 31.4. The van der Waals surface area contributed by atoms with Gasteiger partial charge in [-0.3, -0.25) is 4.90 Å². The fourth-order valence-electron chi connectivity index (χ4n) is 5.37. The van der Waals surface area contributed by atoms with Crippen LogP contribution in [0.25, 0.3) is 0 Å². The van der Waals surface area contributed by atoms with Crippen LogP contribution < -0.4 is 10.6 Å². The number of ether oxygens (including phenoxy) is 2. The lowest BCUT2D eigenvalue weighted by molar-refractivity contribution is -0.253. The number of anilines is 1. The normalized spacial score (nSPS) is 19.7. The topological polar surface area (TPSA) is 103 Å². The smallest absolute Gasteiger partial charge is 0.319 e. The summed E-state index contributed by atoms with van der Waals surface area (Å²) in [6, 6.07) is 34.3. The number of rotatable bonds is 11. The van der Waals surface area contributed by atoms with Gasteiger partial charge in [-0.05, 0) is 48.4 Å². The van der Waals surface area contributed by atoms with Gasteiger partial charge in [0.1, 0.15) is 0 Å².